The van der Waals surface area contributed by atoms with Gasteiger partial charge < -0.3 is 10.0 Å². The average molecular weight is 219 g/mol. The van der Waals surface area contributed by atoms with Gasteiger partial charge in [0.25, 0.3) is 0 Å². The molecule has 1 aromatic carbocycles. The molecule has 0 bridgehead atoms. The zero-order valence-electron chi connectivity index (χ0n) is 10.2. The van der Waals surface area contributed by atoms with Gasteiger partial charge >= 0.3 is 0 Å². The summed E-state index contributed by atoms with van der Waals surface area (Å²) in [5.41, 5.74) is 2.55. The second-order valence-electron chi connectivity index (χ2n) is 5.00. The molecule has 1 atom stereocenters. The van der Waals surface area contributed by atoms with Gasteiger partial charge in [0.1, 0.15) is 0 Å². The largest absolute Gasteiger partial charge is 0.393 e. The van der Waals surface area contributed by atoms with Gasteiger partial charge in [0.05, 0.1) is 6.10 Å². The number of hydrogen-bond acceptors (Lipinski definition) is 2. The van der Waals surface area contributed by atoms with Gasteiger partial charge in [-0.1, -0.05) is 12.1 Å². The summed E-state index contributed by atoms with van der Waals surface area (Å²) in [6.45, 7) is 0. The summed E-state index contributed by atoms with van der Waals surface area (Å²) in [6, 6.07) is 8.60. The molecule has 1 aliphatic carbocycles. The van der Waals surface area contributed by atoms with E-state index < -0.39 is 0 Å². The van der Waals surface area contributed by atoms with E-state index in [-0.39, 0.29) is 6.10 Å². The van der Waals surface area contributed by atoms with E-state index in [1.165, 1.54) is 24.1 Å². The number of nitrogens with zero attached hydrogens (tertiary/aromatic N) is 1. The van der Waals surface area contributed by atoms with Crippen LogP contribution in [0.5, 0.6) is 0 Å². The van der Waals surface area contributed by atoms with E-state index in [9.17, 15) is 5.11 Å². The van der Waals surface area contributed by atoms with Crippen LogP contribution in [0.1, 0.15) is 24.8 Å². The summed E-state index contributed by atoms with van der Waals surface area (Å²) in [6.07, 6.45) is 4.27. The van der Waals surface area contributed by atoms with Crippen molar-refractivity contribution < 1.29 is 5.11 Å². The number of rotatable bonds is 5. The third-order valence-corrected chi connectivity index (χ3v) is 3.35. The van der Waals surface area contributed by atoms with E-state index in [1.54, 1.807) is 0 Å². The molecule has 1 aliphatic rings. The van der Waals surface area contributed by atoms with Gasteiger partial charge in [0, 0.05) is 19.8 Å². The summed E-state index contributed by atoms with van der Waals surface area (Å²) in [4.78, 5) is 2.10. The molecule has 2 heteroatoms. The van der Waals surface area contributed by atoms with Gasteiger partial charge in [0.2, 0.25) is 0 Å². The number of aliphatic hydroxyl groups is 1. The van der Waals surface area contributed by atoms with Crippen LogP contribution in [0, 0.1) is 5.92 Å². The van der Waals surface area contributed by atoms with Crippen LogP contribution in [0.15, 0.2) is 24.3 Å². The third kappa shape index (κ3) is 2.99. The van der Waals surface area contributed by atoms with E-state index in [2.05, 4.69) is 29.2 Å². The maximum atomic E-state index is 9.78. The van der Waals surface area contributed by atoms with Crippen LogP contribution in [0.3, 0.4) is 0 Å². The van der Waals surface area contributed by atoms with Crippen LogP contribution in [0.2, 0.25) is 0 Å². The van der Waals surface area contributed by atoms with Crippen molar-refractivity contribution >= 4 is 5.69 Å². The minimum atomic E-state index is -0.0754. The van der Waals surface area contributed by atoms with Crippen LogP contribution >= 0.6 is 0 Å². The predicted octanol–water partition coefficient (Wildman–Crippen LogP) is 2.46. The summed E-state index contributed by atoms with van der Waals surface area (Å²) < 4.78 is 0. The highest BCUT2D eigenvalue weighted by molar-refractivity contribution is 5.45. The first kappa shape index (κ1) is 11.5. The van der Waals surface area contributed by atoms with E-state index in [0.717, 1.165) is 12.8 Å². The van der Waals surface area contributed by atoms with Gasteiger partial charge in [-0.3, -0.25) is 0 Å². The molecule has 2 nitrogen and oxygen atoms in total. The van der Waals surface area contributed by atoms with Gasteiger partial charge in [0.15, 0.2) is 0 Å². The Morgan fingerprint density at radius 2 is 1.88 bits per heavy atom. The maximum absolute atomic E-state index is 9.78. The zero-order valence-corrected chi connectivity index (χ0v) is 10.2. The van der Waals surface area contributed by atoms with Gasteiger partial charge in [-0.05, 0) is 49.3 Å². The van der Waals surface area contributed by atoms with Crippen LogP contribution in [0.4, 0.5) is 5.69 Å². The molecular formula is C14H21NO. The Morgan fingerprint density at radius 3 is 2.38 bits per heavy atom. The number of aliphatic hydroxyl groups excluding tert-OH is 1. The molecule has 0 aliphatic heterocycles. The molecule has 1 N–H and O–H groups in total. The fourth-order valence-corrected chi connectivity index (χ4v) is 1.99. The first-order valence-electron chi connectivity index (χ1n) is 6.11. The van der Waals surface area contributed by atoms with Crippen LogP contribution in [-0.2, 0) is 6.42 Å². The number of hydrogen-bond donors (Lipinski definition) is 1. The lowest BCUT2D eigenvalue weighted by Gasteiger charge is -2.13. The summed E-state index contributed by atoms with van der Waals surface area (Å²) in [5.74, 6) is 0.598. The summed E-state index contributed by atoms with van der Waals surface area (Å²) in [5, 5.41) is 9.78. The third-order valence-electron chi connectivity index (χ3n) is 3.35. The minimum Gasteiger partial charge on any atom is -0.393 e. The van der Waals surface area contributed by atoms with E-state index in [4.69, 9.17) is 0 Å². The molecule has 88 valence electrons. The monoisotopic (exact) mass is 219 g/mol. The SMILES string of the molecule is CN(C)c1ccc(CCC(O)C2CC2)cc1. The fourth-order valence-electron chi connectivity index (χ4n) is 1.99. The second kappa shape index (κ2) is 4.88. The van der Waals surface area contributed by atoms with Gasteiger partial charge in [-0.25, -0.2) is 0 Å². The molecule has 16 heavy (non-hydrogen) atoms. The van der Waals surface area contributed by atoms with Crippen molar-refractivity contribution in [2.45, 2.75) is 31.8 Å². The smallest absolute Gasteiger partial charge is 0.0571 e. The van der Waals surface area contributed by atoms with Crippen molar-refractivity contribution in [1.29, 1.82) is 0 Å². The maximum Gasteiger partial charge on any atom is 0.0571 e. The Bertz CT molecular complexity index is 327. The number of anilines is 1. The molecule has 0 aromatic heterocycles. The van der Waals surface area contributed by atoms with E-state index >= 15 is 0 Å². The van der Waals surface area contributed by atoms with Crippen molar-refractivity contribution in [3.63, 3.8) is 0 Å². The highest BCUT2D eigenvalue weighted by atomic mass is 16.3. The molecule has 1 unspecified atom stereocenters. The normalized spacial score (nSPS) is 17.2. The van der Waals surface area contributed by atoms with Crippen molar-refractivity contribution in [3.8, 4) is 0 Å². The zero-order chi connectivity index (χ0) is 11.5. The molecule has 0 saturated heterocycles. The molecule has 1 fully saturated rings. The quantitative estimate of drug-likeness (QED) is 0.822. The molecule has 0 spiro atoms. The minimum absolute atomic E-state index is 0.0754. The molecule has 1 saturated carbocycles. The highest BCUT2D eigenvalue weighted by Crippen LogP contribution is 2.34. The van der Waals surface area contributed by atoms with Gasteiger partial charge in [-0.2, -0.15) is 0 Å². The first-order chi connectivity index (χ1) is 7.66. The van der Waals surface area contributed by atoms with Crippen LogP contribution in [-0.4, -0.2) is 25.3 Å². The van der Waals surface area contributed by atoms with Crippen molar-refractivity contribution in [3.05, 3.63) is 29.8 Å². The fraction of sp³-hybridized carbons (Fsp3) is 0.571. The van der Waals surface area contributed by atoms with E-state index in [1.807, 2.05) is 14.1 Å². The molecule has 0 radical (unpaired) electrons. The predicted molar refractivity (Wildman–Crippen MR) is 67.8 cm³/mol. The van der Waals surface area contributed by atoms with Crippen molar-refractivity contribution in [2.24, 2.45) is 5.92 Å². The average Bonchev–Trinajstić information content (AvgIpc) is 3.10. The van der Waals surface area contributed by atoms with Crippen molar-refractivity contribution in [2.75, 3.05) is 19.0 Å². The molecule has 1 aromatic rings. The Morgan fingerprint density at radius 1 is 1.25 bits per heavy atom. The van der Waals surface area contributed by atoms with Crippen LogP contribution < -0.4 is 4.90 Å². The lowest BCUT2D eigenvalue weighted by atomic mass is 10.0. The Labute approximate surface area is 97.9 Å². The molecular weight excluding hydrogens is 198 g/mol. The van der Waals surface area contributed by atoms with Gasteiger partial charge in [-0.15, -0.1) is 0 Å². The number of benzene rings is 1. The second-order valence-corrected chi connectivity index (χ2v) is 5.00. The molecule has 0 heterocycles. The Balaban J connectivity index is 1.84. The highest BCUT2D eigenvalue weighted by Gasteiger charge is 2.28. The topological polar surface area (TPSA) is 23.5 Å². The molecule has 0 amide bonds. The van der Waals surface area contributed by atoms with E-state index in [0.29, 0.717) is 5.92 Å². The lowest BCUT2D eigenvalue weighted by molar-refractivity contribution is 0.142. The summed E-state index contributed by atoms with van der Waals surface area (Å²) in [7, 11) is 4.09. The first-order valence-corrected chi connectivity index (χ1v) is 6.11. The Kier molecular flexibility index (Phi) is 3.49. The number of aryl methyl sites for hydroxylation is 1. The Hall–Kier alpha value is -1.02. The summed E-state index contributed by atoms with van der Waals surface area (Å²) >= 11 is 0. The van der Waals surface area contributed by atoms with Crippen LogP contribution in [0.25, 0.3) is 0 Å². The molecule has 2 rings (SSSR count). The van der Waals surface area contributed by atoms with Crippen molar-refractivity contribution in [1.82, 2.24) is 0 Å². The standard InChI is InChI=1S/C14H21NO/c1-15(2)13-8-3-11(4-9-13)5-10-14(16)12-6-7-12/h3-4,8-9,12,14,16H,5-7,10H2,1-2H3. The lowest BCUT2D eigenvalue weighted by Crippen LogP contribution is -2.10.